The Morgan fingerprint density at radius 2 is 1.50 bits per heavy atom. The first kappa shape index (κ1) is 28.8. The second-order valence-corrected chi connectivity index (χ2v) is 10.8. The molecule has 3 aromatic carbocycles. The van der Waals surface area contributed by atoms with Crippen LogP contribution in [0.2, 0.25) is 0 Å². The Labute approximate surface area is 222 Å². The molecular weight excluding hydrogens is 512 g/mol. The van der Waals surface area contributed by atoms with Crippen molar-refractivity contribution in [2.45, 2.75) is 31.8 Å². The van der Waals surface area contributed by atoms with E-state index < -0.39 is 27.7 Å². The highest BCUT2D eigenvalue weighted by Gasteiger charge is 2.30. The number of benzene rings is 3. The molecular formula is C28H31F2N3O4S. The van der Waals surface area contributed by atoms with Gasteiger partial charge in [-0.3, -0.25) is 13.9 Å². The molecule has 10 heteroatoms. The number of likely N-dealkylation sites (N-methyl/N-ethyl adjacent to an activating group) is 1. The SMILES string of the molecule is CNC(=O)C(Cc1ccccc1)N(Cc1ccccc1)C(=O)CCCN(c1ccc(F)c(F)c1)S(C)(=O)=O. The second-order valence-electron chi connectivity index (χ2n) is 8.86. The zero-order valence-corrected chi connectivity index (χ0v) is 22.1. The van der Waals surface area contributed by atoms with E-state index in [1.165, 1.54) is 18.0 Å². The molecule has 0 aliphatic rings. The smallest absolute Gasteiger partial charge is 0.242 e. The Bertz CT molecular complexity index is 1340. The molecule has 1 unspecified atom stereocenters. The number of halogens is 2. The van der Waals surface area contributed by atoms with E-state index in [1.54, 1.807) is 0 Å². The van der Waals surface area contributed by atoms with Crippen LogP contribution in [-0.4, -0.2) is 51.0 Å². The summed E-state index contributed by atoms with van der Waals surface area (Å²) in [4.78, 5) is 28.0. The fraction of sp³-hybridized carbons (Fsp3) is 0.286. The summed E-state index contributed by atoms with van der Waals surface area (Å²) < 4.78 is 52.9. The topological polar surface area (TPSA) is 86.8 Å². The Morgan fingerprint density at radius 3 is 2.05 bits per heavy atom. The summed E-state index contributed by atoms with van der Waals surface area (Å²) in [5, 5.41) is 2.65. The van der Waals surface area contributed by atoms with Crippen molar-refractivity contribution in [2.75, 3.05) is 24.2 Å². The number of rotatable bonds is 12. The number of carbonyl (C=O) groups is 2. The molecule has 1 N–H and O–H groups in total. The maximum absolute atomic E-state index is 13.8. The number of carbonyl (C=O) groups excluding carboxylic acids is 2. The van der Waals surface area contributed by atoms with E-state index in [0.29, 0.717) is 6.42 Å². The number of sulfonamides is 1. The molecule has 38 heavy (non-hydrogen) atoms. The molecule has 3 rings (SSSR count). The second kappa shape index (κ2) is 13.1. The van der Waals surface area contributed by atoms with E-state index in [9.17, 15) is 26.8 Å². The zero-order valence-electron chi connectivity index (χ0n) is 21.3. The molecule has 2 amide bonds. The van der Waals surface area contributed by atoms with E-state index in [2.05, 4.69) is 5.32 Å². The minimum Gasteiger partial charge on any atom is -0.357 e. The van der Waals surface area contributed by atoms with Gasteiger partial charge in [-0.2, -0.15) is 0 Å². The summed E-state index contributed by atoms with van der Waals surface area (Å²) in [6, 6.07) is 20.6. The number of nitrogens with zero attached hydrogens (tertiary/aromatic N) is 2. The Hall–Kier alpha value is -3.79. The molecule has 202 valence electrons. The lowest BCUT2D eigenvalue weighted by atomic mass is 10.0. The van der Waals surface area contributed by atoms with Crippen LogP contribution in [0.4, 0.5) is 14.5 Å². The number of nitrogens with one attached hydrogen (secondary N) is 1. The highest BCUT2D eigenvalue weighted by atomic mass is 32.2. The van der Waals surface area contributed by atoms with E-state index in [-0.39, 0.29) is 43.4 Å². The monoisotopic (exact) mass is 543 g/mol. The molecule has 0 spiro atoms. The highest BCUT2D eigenvalue weighted by molar-refractivity contribution is 7.92. The number of amides is 2. The molecule has 0 saturated heterocycles. The summed E-state index contributed by atoms with van der Waals surface area (Å²) in [5.74, 6) is -2.92. The number of anilines is 1. The van der Waals surface area contributed by atoms with Gasteiger partial charge in [0, 0.05) is 39.0 Å². The van der Waals surface area contributed by atoms with Crippen LogP contribution in [0.25, 0.3) is 0 Å². The van der Waals surface area contributed by atoms with E-state index >= 15 is 0 Å². The number of hydrogen-bond donors (Lipinski definition) is 1. The van der Waals surface area contributed by atoms with E-state index in [0.717, 1.165) is 33.8 Å². The van der Waals surface area contributed by atoms with Crippen LogP contribution in [0.5, 0.6) is 0 Å². The third kappa shape index (κ3) is 7.85. The molecule has 1 atom stereocenters. The van der Waals surface area contributed by atoms with Crippen LogP contribution in [0.3, 0.4) is 0 Å². The van der Waals surface area contributed by atoms with Gasteiger partial charge in [0.05, 0.1) is 11.9 Å². The van der Waals surface area contributed by atoms with Crippen molar-refractivity contribution in [2.24, 2.45) is 0 Å². The first-order valence-electron chi connectivity index (χ1n) is 12.1. The van der Waals surface area contributed by atoms with Crippen LogP contribution in [0, 0.1) is 11.6 Å². The maximum Gasteiger partial charge on any atom is 0.242 e. The van der Waals surface area contributed by atoms with Crippen molar-refractivity contribution in [1.82, 2.24) is 10.2 Å². The summed E-state index contributed by atoms with van der Waals surface area (Å²) in [7, 11) is -2.32. The minimum atomic E-state index is -3.83. The molecule has 0 aromatic heterocycles. The summed E-state index contributed by atoms with van der Waals surface area (Å²) in [6.45, 7) is 0.0572. The van der Waals surface area contributed by atoms with Gasteiger partial charge in [-0.05, 0) is 29.7 Å². The van der Waals surface area contributed by atoms with Gasteiger partial charge in [-0.1, -0.05) is 60.7 Å². The van der Waals surface area contributed by atoms with Gasteiger partial charge in [0.1, 0.15) is 6.04 Å². The van der Waals surface area contributed by atoms with Crippen molar-refractivity contribution >= 4 is 27.5 Å². The van der Waals surface area contributed by atoms with Gasteiger partial charge in [0.15, 0.2) is 11.6 Å². The van der Waals surface area contributed by atoms with Gasteiger partial charge in [0.2, 0.25) is 21.8 Å². The molecule has 0 heterocycles. The molecule has 3 aromatic rings. The normalized spacial score (nSPS) is 12.0. The molecule has 0 aliphatic carbocycles. The average molecular weight is 544 g/mol. The Balaban J connectivity index is 1.83. The lowest BCUT2D eigenvalue weighted by Crippen LogP contribution is -2.49. The van der Waals surface area contributed by atoms with Crippen molar-refractivity contribution in [1.29, 1.82) is 0 Å². The standard InChI is InChI=1S/C28H31F2N3O4S/c1-31-28(35)26(18-21-10-5-3-6-11-21)32(20-22-12-7-4-8-13-22)27(34)14-9-17-33(38(2,36)37)23-15-16-24(29)25(30)19-23/h3-8,10-13,15-16,19,26H,9,14,17-18,20H2,1-2H3,(H,31,35). The summed E-state index contributed by atoms with van der Waals surface area (Å²) in [5.41, 5.74) is 1.68. The lowest BCUT2D eigenvalue weighted by molar-refractivity contribution is -0.141. The predicted molar refractivity (Wildman–Crippen MR) is 143 cm³/mol. The average Bonchev–Trinajstić information content (AvgIpc) is 2.90. The lowest BCUT2D eigenvalue weighted by Gasteiger charge is -2.31. The van der Waals surface area contributed by atoms with Crippen LogP contribution < -0.4 is 9.62 Å². The Kier molecular flexibility index (Phi) is 9.95. The fourth-order valence-electron chi connectivity index (χ4n) is 4.14. The molecule has 0 radical (unpaired) electrons. The van der Waals surface area contributed by atoms with E-state index in [1.807, 2.05) is 60.7 Å². The molecule has 0 saturated carbocycles. The van der Waals surface area contributed by atoms with Crippen molar-refractivity contribution in [3.8, 4) is 0 Å². The van der Waals surface area contributed by atoms with Crippen molar-refractivity contribution < 1.29 is 26.8 Å². The Morgan fingerprint density at radius 1 is 0.895 bits per heavy atom. The van der Waals surface area contributed by atoms with Gasteiger partial charge in [-0.25, -0.2) is 17.2 Å². The van der Waals surface area contributed by atoms with Crippen LogP contribution in [0.15, 0.2) is 78.9 Å². The first-order chi connectivity index (χ1) is 18.1. The summed E-state index contributed by atoms with van der Waals surface area (Å²) >= 11 is 0. The van der Waals surface area contributed by atoms with Crippen LogP contribution >= 0.6 is 0 Å². The quantitative estimate of drug-likeness (QED) is 0.376. The molecule has 7 nitrogen and oxygen atoms in total. The van der Waals surface area contributed by atoms with Crippen molar-refractivity contribution in [3.05, 3.63) is 102 Å². The zero-order chi connectivity index (χ0) is 27.7. The predicted octanol–water partition coefficient (Wildman–Crippen LogP) is 3.90. The van der Waals surface area contributed by atoms with Gasteiger partial charge in [0.25, 0.3) is 0 Å². The van der Waals surface area contributed by atoms with Crippen LogP contribution in [-0.2, 0) is 32.6 Å². The largest absolute Gasteiger partial charge is 0.357 e. The van der Waals surface area contributed by atoms with Gasteiger partial charge in [-0.15, -0.1) is 0 Å². The molecule has 0 fully saturated rings. The first-order valence-corrected chi connectivity index (χ1v) is 14.0. The third-order valence-electron chi connectivity index (χ3n) is 6.06. The third-order valence-corrected chi connectivity index (χ3v) is 7.25. The molecule has 0 aliphatic heterocycles. The van der Waals surface area contributed by atoms with Crippen molar-refractivity contribution in [3.63, 3.8) is 0 Å². The summed E-state index contributed by atoms with van der Waals surface area (Å²) in [6.07, 6.45) is 1.29. The van der Waals surface area contributed by atoms with Gasteiger partial charge < -0.3 is 10.2 Å². The minimum absolute atomic E-state index is 0.0349. The number of hydrogen-bond acceptors (Lipinski definition) is 4. The highest BCUT2D eigenvalue weighted by Crippen LogP contribution is 2.22. The van der Waals surface area contributed by atoms with E-state index in [4.69, 9.17) is 0 Å². The fourth-order valence-corrected chi connectivity index (χ4v) is 5.10. The maximum atomic E-state index is 13.8. The van der Waals surface area contributed by atoms with Crippen LogP contribution in [0.1, 0.15) is 24.0 Å². The van der Waals surface area contributed by atoms with Gasteiger partial charge >= 0.3 is 0 Å². The molecule has 0 bridgehead atoms.